The van der Waals surface area contributed by atoms with Gasteiger partial charge in [0.05, 0.1) is 12.2 Å². The summed E-state index contributed by atoms with van der Waals surface area (Å²) in [7, 11) is 7.91. The van der Waals surface area contributed by atoms with Crippen molar-refractivity contribution < 1.29 is 28.8 Å². The summed E-state index contributed by atoms with van der Waals surface area (Å²) >= 11 is 0. The lowest BCUT2D eigenvalue weighted by molar-refractivity contribution is -0.256. The maximum atomic E-state index is 7.00. The predicted octanol–water partition coefficient (Wildman–Crippen LogP) is 4.61. The van der Waals surface area contributed by atoms with Crippen LogP contribution in [-0.2, 0) is 23.7 Å². The van der Waals surface area contributed by atoms with E-state index in [9.17, 15) is 0 Å². The van der Waals surface area contributed by atoms with Crippen molar-refractivity contribution in [3.05, 3.63) is 23.8 Å². The van der Waals surface area contributed by atoms with Crippen LogP contribution in [0.4, 0.5) is 0 Å². The van der Waals surface area contributed by atoms with Crippen molar-refractivity contribution >= 4 is 0 Å². The van der Waals surface area contributed by atoms with E-state index in [1.165, 1.54) is 6.42 Å². The highest BCUT2D eigenvalue weighted by Crippen LogP contribution is 2.54. The van der Waals surface area contributed by atoms with Crippen LogP contribution in [0.5, 0.6) is 0 Å². The Labute approximate surface area is 196 Å². The van der Waals surface area contributed by atoms with Crippen molar-refractivity contribution in [2.75, 3.05) is 35.5 Å². The van der Waals surface area contributed by atoms with E-state index in [4.69, 9.17) is 28.8 Å². The van der Waals surface area contributed by atoms with E-state index >= 15 is 0 Å². The molecular formula is C26H48O6. The summed E-state index contributed by atoms with van der Waals surface area (Å²) in [5.74, 6) is 3.09. The molecule has 6 heteroatoms. The molecule has 6 nitrogen and oxygen atoms in total. The van der Waals surface area contributed by atoms with Crippen LogP contribution in [0.3, 0.4) is 0 Å². The zero-order valence-corrected chi connectivity index (χ0v) is 21.7. The van der Waals surface area contributed by atoms with E-state index < -0.39 is 0 Å². The predicted molar refractivity (Wildman–Crippen MR) is 129 cm³/mol. The zero-order chi connectivity index (χ0) is 24.3. The maximum Gasteiger partial charge on any atom is 0.184 e. The summed E-state index contributed by atoms with van der Waals surface area (Å²) < 4.78 is 28.4. The van der Waals surface area contributed by atoms with Crippen molar-refractivity contribution in [1.82, 2.24) is 0 Å². The van der Waals surface area contributed by atoms with Gasteiger partial charge in [0.25, 0.3) is 0 Å². The fraction of sp³-hybridized carbons (Fsp3) is 0.846. The molecule has 0 bridgehead atoms. The number of aliphatic hydroxyl groups is 1. The van der Waals surface area contributed by atoms with E-state index in [0.29, 0.717) is 12.0 Å². The maximum absolute atomic E-state index is 7.00. The van der Waals surface area contributed by atoms with Crippen molar-refractivity contribution in [3.63, 3.8) is 0 Å². The average molecular weight is 457 g/mol. The number of aliphatic hydroxyl groups excluding tert-OH is 1. The second-order valence-electron chi connectivity index (χ2n) is 9.00. The Balaban J connectivity index is 0.00000249. The number of ether oxygens (including phenoxy) is 5. The molecule has 0 radical (unpaired) electrons. The van der Waals surface area contributed by atoms with E-state index in [2.05, 4.69) is 45.9 Å². The lowest BCUT2D eigenvalue weighted by Gasteiger charge is -2.39. The Morgan fingerprint density at radius 1 is 1.09 bits per heavy atom. The quantitative estimate of drug-likeness (QED) is 0.433. The lowest BCUT2D eigenvalue weighted by atomic mass is 9.94. The number of rotatable bonds is 12. The highest BCUT2D eigenvalue weighted by atomic mass is 16.7. The monoisotopic (exact) mass is 456 g/mol. The second kappa shape index (κ2) is 15.2. The third-order valence-corrected chi connectivity index (χ3v) is 7.37. The van der Waals surface area contributed by atoms with Gasteiger partial charge in [-0.15, -0.1) is 0 Å². The largest absolute Gasteiger partial charge is 0.400 e. The molecule has 188 valence electrons. The summed E-state index contributed by atoms with van der Waals surface area (Å²) in [5, 5.41) is 7.00. The normalized spacial score (nSPS) is 34.7. The highest BCUT2D eigenvalue weighted by Gasteiger charge is 2.50. The molecule has 2 rings (SSSR count). The van der Waals surface area contributed by atoms with Gasteiger partial charge in [-0.05, 0) is 55.4 Å². The van der Waals surface area contributed by atoms with E-state index in [1.807, 2.05) is 7.11 Å². The minimum atomic E-state index is -0.368. The number of allylic oxidation sites excluding steroid dienone is 3. The summed E-state index contributed by atoms with van der Waals surface area (Å²) in [6.07, 6.45) is 10.5. The van der Waals surface area contributed by atoms with Gasteiger partial charge >= 0.3 is 0 Å². The third-order valence-electron chi connectivity index (χ3n) is 7.37. The Hall–Kier alpha value is -0.760. The highest BCUT2D eigenvalue weighted by molar-refractivity contribution is 5.17. The first-order chi connectivity index (χ1) is 15.4. The standard InChI is InChI=1S/C25H44O5.CH4O/c1-9-20(26-5)18(4)23-17(3)19(23)14-12-10-11-13-16(2)24-21(27-6)15-22(28-7)25(29-8)30-24;1-2/h10-11,13,17-25H,9,12,14-15H2,1-8H3;2H,1H3/b11-10+,16-13+;/t17-,18?,19?,20?,21?,22?,23?,24?,25?;/m0./s1. The second-order valence-corrected chi connectivity index (χ2v) is 9.00. The number of hydrogen-bond acceptors (Lipinski definition) is 6. The van der Waals surface area contributed by atoms with Crippen LogP contribution in [0.15, 0.2) is 23.8 Å². The SMILES string of the molecule is CCC(OC)C(C)C1C(CC/C=C/C=C(\C)C2OC(OC)C(OC)CC2OC)[C@@H]1C.CO. The molecule has 2 fully saturated rings. The smallest absolute Gasteiger partial charge is 0.184 e. The topological polar surface area (TPSA) is 66.4 Å². The molecule has 8 unspecified atom stereocenters. The Morgan fingerprint density at radius 3 is 2.28 bits per heavy atom. The summed E-state index contributed by atoms with van der Waals surface area (Å²) in [6, 6.07) is 0. The Morgan fingerprint density at radius 2 is 1.75 bits per heavy atom. The summed E-state index contributed by atoms with van der Waals surface area (Å²) in [4.78, 5) is 0. The molecule has 0 aromatic carbocycles. The minimum Gasteiger partial charge on any atom is -0.400 e. The van der Waals surface area contributed by atoms with Gasteiger partial charge in [0.1, 0.15) is 12.2 Å². The van der Waals surface area contributed by atoms with Crippen molar-refractivity contribution in [1.29, 1.82) is 0 Å². The van der Waals surface area contributed by atoms with Gasteiger partial charge in [-0.3, -0.25) is 0 Å². The van der Waals surface area contributed by atoms with Crippen LogP contribution in [0.25, 0.3) is 0 Å². The molecule has 1 aliphatic heterocycles. The van der Waals surface area contributed by atoms with Crippen molar-refractivity contribution in [2.24, 2.45) is 23.7 Å². The summed E-state index contributed by atoms with van der Waals surface area (Å²) in [6.45, 7) is 9.07. The van der Waals surface area contributed by atoms with Crippen LogP contribution in [0, 0.1) is 23.7 Å². The van der Waals surface area contributed by atoms with Crippen molar-refractivity contribution in [2.45, 2.75) is 84.1 Å². The average Bonchev–Trinajstić information content (AvgIpc) is 3.48. The first-order valence-electron chi connectivity index (χ1n) is 12.0. The lowest BCUT2D eigenvalue weighted by Crippen LogP contribution is -2.49. The van der Waals surface area contributed by atoms with Gasteiger partial charge in [0.15, 0.2) is 6.29 Å². The molecule has 0 amide bonds. The summed E-state index contributed by atoms with van der Waals surface area (Å²) in [5.41, 5.74) is 1.15. The van der Waals surface area contributed by atoms with Crippen LogP contribution in [0.2, 0.25) is 0 Å². The van der Waals surface area contributed by atoms with Crippen LogP contribution in [-0.4, -0.2) is 71.4 Å². The van der Waals surface area contributed by atoms with Crippen LogP contribution < -0.4 is 0 Å². The molecule has 9 atom stereocenters. The molecule has 1 aliphatic carbocycles. The first-order valence-corrected chi connectivity index (χ1v) is 12.0. The Bertz CT molecular complexity index is 559. The van der Waals surface area contributed by atoms with Gasteiger partial charge < -0.3 is 28.8 Å². The molecule has 2 aliphatic rings. The Kier molecular flexibility index (Phi) is 13.9. The molecule has 1 N–H and O–H groups in total. The molecule has 32 heavy (non-hydrogen) atoms. The van der Waals surface area contributed by atoms with Gasteiger partial charge in [0.2, 0.25) is 0 Å². The molecule has 0 spiro atoms. The first kappa shape index (κ1) is 29.3. The molecular weight excluding hydrogens is 408 g/mol. The number of methoxy groups -OCH3 is 4. The van der Waals surface area contributed by atoms with Gasteiger partial charge in [-0.2, -0.15) is 0 Å². The van der Waals surface area contributed by atoms with Crippen molar-refractivity contribution in [3.8, 4) is 0 Å². The zero-order valence-electron chi connectivity index (χ0n) is 21.7. The molecule has 1 heterocycles. The fourth-order valence-electron chi connectivity index (χ4n) is 5.42. The molecule has 1 saturated heterocycles. The van der Waals surface area contributed by atoms with Gasteiger partial charge in [0, 0.05) is 42.0 Å². The van der Waals surface area contributed by atoms with E-state index in [0.717, 1.165) is 49.7 Å². The van der Waals surface area contributed by atoms with Crippen LogP contribution in [0.1, 0.15) is 53.4 Å². The molecule has 0 aromatic rings. The van der Waals surface area contributed by atoms with Gasteiger partial charge in [-0.1, -0.05) is 39.0 Å². The van der Waals surface area contributed by atoms with E-state index in [-0.39, 0.29) is 24.6 Å². The minimum absolute atomic E-state index is 0.0344. The molecule has 1 saturated carbocycles. The third kappa shape index (κ3) is 7.64. The van der Waals surface area contributed by atoms with Gasteiger partial charge in [-0.25, -0.2) is 0 Å². The van der Waals surface area contributed by atoms with E-state index in [1.54, 1.807) is 21.3 Å². The number of hydrogen-bond donors (Lipinski definition) is 1. The fourth-order valence-corrected chi connectivity index (χ4v) is 5.42. The van der Waals surface area contributed by atoms with Crippen LogP contribution >= 0.6 is 0 Å². The molecule has 0 aromatic heterocycles.